The molecular formula is C64H84FN7O4. The van der Waals surface area contributed by atoms with Crippen molar-refractivity contribution >= 4 is 50.3 Å². The summed E-state index contributed by atoms with van der Waals surface area (Å²) in [5.41, 5.74) is 6.53. The highest BCUT2D eigenvalue weighted by Crippen LogP contribution is 2.50. The maximum Gasteiger partial charge on any atom is 0.329 e. The second kappa shape index (κ2) is 25.8. The number of halogens is 1. The number of piperidine rings is 2. The van der Waals surface area contributed by atoms with Gasteiger partial charge < -0.3 is 9.64 Å². The third-order valence-corrected chi connectivity index (χ3v) is 16.8. The number of fused-ring (bicyclic) bond motifs is 3. The van der Waals surface area contributed by atoms with Crippen LogP contribution in [0.2, 0.25) is 0 Å². The van der Waals surface area contributed by atoms with E-state index >= 15 is 0 Å². The van der Waals surface area contributed by atoms with Gasteiger partial charge in [0.05, 0.1) is 39.8 Å². The van der Waals surface area contributed by atoms with Gasteiger partial charge in [0.25, 0.3) is 0 Å². The van der Waals surface area contributed by atoms with E-state index in [0.717, 1.165) is 94.7 Å². The van der Waals surface area contributed by atoms with E-state index in [4.69, 9.17) is 26.1 Å². The quantitative estimate of drug-likeness (QED) is 0.0382. The molecule has 2 saturated heterocycles. The predicted molar refractivity (Wildman–Crippen MR) is 307 cm³/mol. The predicted octanol–water partition coefficient (Wildman–Crippen LogP) is 14.6. The van der Waals surface area contributed by atoms with Gasteiger partial charge in [-0.3, -0.25) is 29.0 Å². The molecule has 6 aromatic rings. The first kappa shape index (κ1) is 56.1. The molecule has 1 N–H and O–H groups in total. The standard InChI is InChI=1S/C41H51FN4O.C23H33N3O3/c1-6-14-28(3)15-10-8-9-11-21-41(22-23-41)27-47-40-44-38-30(5)37(33-18-12-17-31-19-20-35(42)32(7-2)36(31)33)43-25-34(38)39(45-40)46-24-13-16-29(4)26-46;1-4-6-7-8-11-16(10-5-2)17-12-9-13-18-21(17)25(3)23(29)26(18)19-14-15-20(27)24-22(19)28/h2,12,17-20,25,28-29H,6,8-11,13-16,21-24,26-27H2,1,3-5H3;9,12-13,16,19H,4-8,10-11,14-15H2,1-3H3,(H,24,27,28). The number of amides is 2. The van der Waals surface area contributed by atoms with Crippen molar-refractivity contribution in [2.45, 2.75) is 188 Å². The third kappa shape index (κ3) is 12.8. The molecule has 0 radical (unpaired) electrons. The summed E-state index contributed by atoms with van der Waals surface area (Å²) in [5.74, 6) is 4.28. The van der Waals surface area contributed by atoms with Gasteiger partial charge >= 0.3 is 11.7 Å². The van der Waals surface area contributed by atoms with Gasteiger partial charge in [0.2, 0.25) is 11.8 Å². The van der Waals surface area contributed by atoms with Crippen LogP contribution in [0.3, 0.4) is 0 Å². The number of hydrogen-bond acceptors (Lipinski definition) is 8. The summed E-state index contributed by atoms with van der Waals surface area (Å²) < 4.78 is 24.7. The highest BCUT2D eigenvalue weighted by molar-refractivity contribution is 6.03. The minimum atomic E-state index is -0.631. The average molecular weight is 1030 g/mol. The summed E-state index contributed by atoms with van der Waals surface area (Å²) in [5, 5.41) is 4.89. The Morgan fingerprint density at radius 2 is 1.66 bits per heavy atom. The normalized spacial score (nSPS) is 18.1. The van der Waals surface area contributed by atoms with Crippen LogP contribution in [0, 0.1) is 42.3 Å². The molecule has 3 fully saturated rings. The first-order chi connectivity index (χ1) is 36.8. The Bertz CT molecular complexity index is 3090. The van der Waals surface area contributed by atoms with Gasteiger partial charge in [0.1, 0.15) is 17.7 Å². The summed E-state index contributed by atoms with van der Waals surface area (Å²) in [6.45, 7) is 16.0. The smallest absolute Gasteiger partial charge is 0.329 e. The Labute approximate surface area is 451 Å². The molecule has 3 aliphatic rings. The zero-order valence-electron chi connectivity index (χ0n) is 46.7. The number of para-hydroxylation sites is 1. The van der Waals surface area contributed by atoms with Crippen molar-refractivity contribution < 1.29 is 18.7 Å². The van der Waals surface area contributed by atoms with Gasteiger partial charge in [-0.2, -0.15) is 9.97 Å². The van der Waals surface area contributed by atoms with Gasteiger partial charge in [0, 0.05) is 54.7 Å². The molecule has 9 rings (SSSR count). The van der Waals surface area contributed by atoms with Crippen molar-refractivity contribution in [3.63, 3.8) is 0 Å². The summed E-state index contributed by atoms with van der Waals surface area (Å²) in [7, 11) is 1.79. The number of benzene rings is 3. The molecule has 12 heteroatoms. The van der Waals surface area contributed by atoms with Crippen LogP contribution >= 0.6 is 0 Å². The first-order valence-corrected chi connectivity index (χ1v) is 29.1. The third-order valence-electron chi connectivity index (χ3n) is 16.8. The molecule has 2 amide bonds. The Kier molecular flexibility index (Phi) is 19.1. The lowest BCUT2D eigenvalue weighted by molar-refractivity contribution is -0.135. The molecule has 76 heavy (non-hydrogen) atoms. The number of nitrogens with zero attached hydrogens (tertiary/aromatic N) is 6. The molecule has 3 aromatic heterocycles. The number of aryl methyl sites for hydroxylation is 2. The van der Waals surface area contributed by atoms with Crippen molar-refractivity contribution in [3.8, 4) is 29.6 Å². The highest BCUT2D eigenvalue weighted by Gasteiger charge is 2.43. The summed E-state index contributed by atoms with van der Waals surface area (Å²) in [4.78, 5) is 54.5. The molecular weight excluding hydrogens is 950 g/mol. The fraction of sp³-hybridized carbons (Fsp3) is 0.562. The lowest BCUT2D eigenvalue weighted by Gasteiger charge is -2.32. The maximum atomic E-state index is 14.9. The fourth-order valence-corrected chi connectivity index (χ4v) is 12.3. The molecule has 406 valence electrons. The molecule has 0 bridgehead atoms. The van der Waals surface area contributed by atoms with E-state index in [1.165, 1.54) is 108 Å². The molecule has 1 saturated carbocycles. The maximum absolute atomic E-state index is 14.9. The van der Waals surface area contributed by atoms with E-state index in [1.807, 2.05) is 43.5 Å². The van der Waals surface area contributed by atoms with Crippen molar-refractivity contribution in [2.24, 2.45) is 24.3 Å². The van der Waals surface area contributed by atoms with Crippen molar-refractivity contribution in [3.05, 3.63) is 87.7 Å². The van der Waals surface area contributed by atoms with E-state index < -0.39 is 11.9 Å². The van der Waals surface area contributed by atoms with Gasteiger partial charge in [-0.25, -0.2) is 9.18 Å². The molecule has 2 aliphatic heterocycles. The Hall–Kier alpha value is -6.09. The van der Waals surface area contributed by atoms with Crippen LogP contribution in [0.5, 0.6) is 6.01 Å². The number of nitrogens with one attached hydrogen (secondary N) is 1. The van der Waals surface area contributed by atoms with Crippen molar-refractivity contribution in [1.29, 1.82) is 0 Å². The van der Waals surface area contributed by atoms with Crippen LogP contribution in [0.1, 0.15) is 198 Å². The topological polar surface area (TPSA) is 124 Å². The number of ether oxygens (including phenoxy) is 1. The van der Waals surface area contributed by atoms with E-state index in [9.17, 15) is 18.8 Å². The van der Waals surface area contributed by atoms with E-state index in [1.54, 1.807) is 22.2 Å². The molecule has 4 atom stereocenters. The molecule has 5 heterocycles. The van der Waals surface area contributed by atoms with Crippen molar-refractivity contribution in [2.75, 3.05) is 24.6 Å². The molecule has 1 aliphatic carbocycles. The van der Waals surface area contributed by atoms with Crippen LogP contribution in [0.4, 0.5) is 10.2 Å². The largest absolute Gasteiger partial charge is 0.463 e. The zero-order chi connectivity index (χ0) is 53.9. The van der Waals surface area contributed by atoms with E-state index in [2.05, 4.69) is 56.8 Å². The Morgan fingerprint density at radius 1 is 0.895 bits per heavy atom. The fourth-order valence-electron chi connectivity index (χ4n) is 12.3. The lowest BCUT2D eigenvalue weighted by atomic mass is 9.88. The van der Waals surface area contributed by atoms with Crippen molar-refractivity contribution in [1.82, 2.24) is 29.4 Å². The molecule has 0 spiro atoms. The summed E-state index contributed by atoms with van der Waals surface area (Å²) in [6, 6.07) is 15.0. The minimum absolute atomic E-state index is 0.191. The monoisotopic (exact) mass is 1030 g/mol. The average Bonchev–Trinajstić information content (AvgIpc) is 4.18. The number of carbonyl (C=O) groups excluding carboxylic acids is 2. The van der Waals surface area contributed by atoms with Gasteiger partial charge in [-0.05, 0) is 99.1 Å². The van der Waals surface area contributed by atoms with Crippen LogP contribution in [0.25, 0.3) is 44.0 Å². The van der Waals surface area contributed by atoms with Crippen LogP contribution in [0.15, 0.2) is 59.5 Å². The number of terminal acetylenes is 1. The van der Waals surface area contributed by atoms with Gasteiger partial charge in [0.15, 0.2) is 0 Å². The SMILES string of the molecule is C#Cc1c(F)ccc2cccc(-c3ncc4c(N5CCCC(C)C5)nc(OCC5(CCCCCCC(C)CCC)CC5)nc4c3C)c12.CCCCCCC(CCC)c1cccc2c1n(C)c(=O)n2C1CCC(=O)NC1=O. The number of imidazole rings is 1. The van der Waals surface area contributed by atoms with E-state index in [-0.39, 0.29) is 34.9 Å². The number of imide groups is 1. The van der Waals surface area contributed by atoms with Gasteiger partial charge in [-0.1, -0.05) is 154 Å². The van der Waals surface area contributed by atoms with Gasteiger partial charge in [-0.15, -0.1) is 6.42 Å². The van der Waals surface area contributed by atoms with Crippen LogP contribution in [-0.4, -0.2) is 55.6 Å². The van der Waals surface area contributed by atoms with Crippen LogP contribution < -0.4 is 20.6 Å². The Morgan fingerprint density at radius 3 is 2.39 bits per heavy atom. The zero-order valence-corrected chi connectivity index (χ0v) is 46.7. The lowest BCUT2D eigenvalue weighted by Crippen LogP contribution is -2.44. The minimum Gasteiger partial charge on any atom is -0.463 e. The number of aromatic nitrogens is 5. The number of carbonyl (C=O) groups is 2. The number of anilines is 1. The summed E-state index contributed by atoms with van der Waals surface area (Å²) in [6.07, 6.45) is 31.8. The summed E-state index contributed by atoms with van der Waals surface area (Å²) >= 11 is 0. The number of pyridine rings is 1. The molecule has 3 aromatic carbocycles. The number of rotatable bonds is 23. The van der Waals surface area contributed by atoms with Crippen LogP contribution in [-0.2, 0) is 16.6 Å². The van der Waals surface area contributed by atoms with E-state index in [0.29, 0.717) is 36.3 Å². The number of hydrogen-bond donors (Lipinski definition) is 1. The highest BCUT2D eigenvalue weighted by atomic mass is 19.1. The molecule has 4 unspecified atom stereocenters. The second-order valence-corrected chi connectivity index (χ2v) is 22.9. The second-order valence-electron chi connectivity index (χ2n) is 22.9. The Balaban J connectivity index is 0.000000226. The molecule has 11 nitrogen and oxygen atoms in total. The first-order valence-electron chi connectivity index (χ1n) is 29.1. The number of unbranched alkanes of at least 4 members (excludes halogenated alkanes) is 6.